The summed E-state index contributed by atoms with van der Waals surface area (Å²) in [5, 5.41) is 3.26. The van der Waals surface area contributed by atoms with Crippen molar-refractivity contribution in [3.63, 3.8) is 0 Å². The van der Waals surface area contributed by atoms with Gasteiger partial charge >= 0.3 is 0 Å². The molecule has 1 amide bonds. The molecule has 2 aliphatic heterocycles. The van der Waals surface area contributed by atoms with E-state index in [1.165, 1.54) is 32.4 Å². The van der Waals surface area contributed by atoms with Crippen LogP contribution in [0.3, 0.4) is 0 Å². The number of hydrogen-bond donors (Lipinski definition) is 2. The number of nitrogens with two attached hydrogens (primary N) is 1. The first-order valence-corrected chi connectivity index (χ1v) is 7.94. The van der Waals surface area contributed by atoms with Crippen molar-refractivity contribution in [2.75, 3.05) is 19.6 Å². The SMILES string of the molecule is CC(CCN)CCC(=O)NC1CCN2CCCCC12. The van der Waals surface area contributed by atoms with Crippen LogP contribution in [-0.2, 0) is 4.79 Å². The number of rotatable bonds is 6. The van der Waals surface area contributed by atoms with Gasteiger partial charge in [-0.2, -0.15) is 0 Å². The molecule has 4 heteroatoms. The first kappa shape index (κ1) is 14.8. The second-order valence-corrected chi connectivity index (χ2v) is 6.28. The van der Waals surface area contributed by atoms with Crippen molar-refractivity contribution in [1.29, 1.82) is 0 Å². The summed E-state index contributed by atoms with van der Waals surface area (Å²) < 4.78 is 0. The third-order valence-corrected chi connectivity index (χ3v) is 4.73. The maximum atomic E-state index is 12.0. The number of piperidine rings is 1. The average Bonchev–Trinajstić information content (AvgIpc) is 2.80. The molecule has 0 spiro atoms. The van der Waals surface area contributed by atoms with Gasteiger partial charge < -0.3 is 11.1 Å². The first-order valence-electron chi connectivity index (χ1n) is 7.94. The summed E-state index contributed by atoms with van der Waals surface area (Å²) in [4.78, 5) is 14.6. The predicted molar refractivity (Wildman–Crippen MR) is 77.8 cm³/mol. The minimum atomic E-state index is 0.237. The topological polar surface area (TPSA) is 58.4 Å². The van der Waals surface area contributed by atoms with Gasteiger partial charge in [-0.15, -0.1) is 0 Å². The van der Waals surface area contributed by atoms with Crippen molar-refractivity contribution in [2.24, 2.45) is 11.7 Å². The Kier molecular flexibility index (Phi) is 5.64. The van der Waals surface area contributed by atoms with Gasteiger partial charge in [-0.05, 0) is 51.1 Å². The maximum Gasteiger partial charge on any atom is 0.220 e. The molecule has 3 atom stereocenters. The number of nitrogens with one attached hydrogen (secondary N) is 1. The molecular weight excluding hydrogens is 238 g/mol. The highest BCUT2D eigenvalue weighted by molar-refractivity contribution is 5.76. The van der Waals surface area contributed by atoms with Gasteiger partial charge in [0.25, 0.3) is 0 Å². The molecule has 0 aromatic rings. The summed E-state index contributed by atoms with van der Waals surface area (Å²) in [7, 11) is 0. The monoisotopic (exact) mass is 267 g/mol. The predicted octanol–water partition coefficient (Wildman–Crippen LogP) is 1.49. The second kappa shape index (κ2) is 7.25. The summed E-state index contributed by atoms with van der Waals surface area (Å²) in [6.07, 6.45) is 7.68. The number of carbonyl (C=O) groups is 1. The molecule has 2 aliphatic rings. The molecule has 4 nitrogen and oxygen atoms in total. The average molecular weight is 267 g/mol. The van der Waals surface area contributed by atoms with Gasteiger partial charge in [-0.25, -0.2) is 0 Å². The smallest absolute Gasteiger partial charge is 0.220 e. The lowest BCUT2D eigenvalue weighted by molar-refractivity contribution is -0.122. The van der Waals surface area contributed by atoms with E-state index in [-0.39, 0.29) is 5.91 Å². The van der Waals surface area contributed by atoms with Gasteiger partial charge in [-0.3, -0.25) is 9.69 Å². The molecule has 0 bridgehead atoms. The lowest BCUT2D eigenvalue weighted by Gasteiger charge is -2.32. The van der Waals surface area contributed by atoms with Crippen LogP contribution in [0, 0.1) is 5.92 Å². The fraction of sp³-hybridized carbons (Fsp3) is 0.933. The van der Waals surface area contributed by atoms with Gasteiger partial charge in [0.2, 0.25) is 5.91 Å². The highest BCUT2D eigenvalue weighted by atomic mass is 16.1. The zero-order valence-electron chi connectivity index (χ0n) is 12.2. The third-order valence-electron chi connectivity index (χ3n) is 4.73. The van der Waals surface area contributed by atoms with E-state index in [4.69, 9.17) is 5.73 Å². The standard InChI is InChI=1S/C15H29N3O/c1-12(7-9-16)5-6-15(19)17-13-8-11-18-10-3-2-4-14(13)18/h12-14H,2-11,16H2,1H3,(H,17,19). The molecule has 2 heterocycles. The number of carbonyl (C=O) groups excluding carboxylic acids is 1. The second-order valence-electron chi connectivity index (χ2n) is 6.28. The largest absolute Gasteiger partial charge is 0.352 e. The highest BCUT2D eigenvalue weighted by Gasteiger charge is 2.35. The highest BCUT2D eigenvalue weighted by Crippen LogP contribution is 2.27. The van der Waals surface area contributed by atoms with Crippen LogP contribution in [0.15, 0.2) is 0 Å². The van der Waals surface area contributed by atoms with Crippen LogP contribution < -0.4 is 11.1 Å². The molecule has 0 aromatic carbocycles. The molecule has 0 aromatic heterocycles. The molecule has 2 rings (SSSR count). The molecule has 3 N–H and O–H groups in total. The van der Waals surface area contributed by atoms with Gasteiger partial charge in [-0.1, -0.05) is 13.3 Å². The van der Waals surface area contributed by atoms with Crippen molar-refractivity contribution in [3.8, 4) is 0 Å². The van der Waals surface area contributed by atoms with Crippen molar-refractivity contribution in [3.05, 3.63) is 0 Å². The van der Waals surface area contributed by atoms with Crippen LogP contribution in [0.1, 0.15) is 51.9 Å². The van der Waals surface area contributed by atoms with E-state index in [0.717, 1.165) is 25.8 Å². The van der Waals surface area contributed by atoms with E-state index in [9.17, 15) is 4.79 Å². The number of nitrogens with zero attached hydrogens (tertiary/aromatic N) is 1. The fourth-order valence-corrected chi connectivity index (χ4v) is 3.50. The Hall–Kier alpha value is -0.610. The van der Waals surface area contributed by atoms with E-state index in [2.05, 4.69) is 17.1 Å². The van der Waals surface area contributed by atoms with E-state index in [1.807, 2.05) is 0 Å². The molecule has 0 aliphatic carbocycles. The summed E-state index contributed by atoms with van der Waals surface area (Å²) in [5.74, 6) is 0.798. The van der Waals surface area contributed by atoms with Gasteiger partial charge in [0.1, 0.15) is 0 Å². The number of hydrogen-bond acceptors (Lipinski definition) is 3. The lowest BCUT2D eigenvalue weighted by atomic mass is 9.98. The van der Waals surface area contributed by atoms with E-state index in [1.54, 1.807) is 0 Å². The normalized spacial score (nSPS) is 28.9. The van der Waals surface area contributed by atoms with Crippen molar-refractivity contribution >= 4 is 5.91 Å². The Morgan fingerprint density at radius 2 is 2.16 bits per heavy atom. The number of fused-ring (bicyclic) bond motifs is 1. The lowest BCUT2D eigenvalue weighted by Crippen LogP contribution is -2.46. The third kappa shape index (κ3) is 4.18. The van der Waals surface area contributed by atoms with Crippen LogP contribution >= 0.6 is 0 Å². The number of amides is 1. The van der Waals surface area contributed by atoms with Gasteiger partial charge in [0, 0.05) is 25.0 Å². The molecular formula is C15H29N3O. The molecule has 0 radical (unpaired) electrons. The molecule has 19 heavy (non-hydrogen) atoms. The Morgan fingerprint density at radius 3 is 2.95 bits per heavy atom. The van der Waals surface area contributed by atoms with Crippen molar-refractivity contribution in [1.82, 2.24) is 10.2 Å². The van der Waals surface area contributed by atoms with Crippen LogP contribution in [-0.4, -0.2) is 42.5 Å². The Morgan fingerprint density at radius 1 is 1.32 bits per heavy atom. The summed E-state index contributed by atoms with van der Waals surface area (Å²) in [5.41, 5.74) is 5.54. The van der Waals surface area contributed by atoms with Crippen LogP contribution in [0.2, 0.25) is 0 Å². The molecule has 3 unspecified atom stereocenters. The molecule has 2 saturated heterocycles. The van der Waals surface area contributed by atoms with Crippen molar-refractivity contribution in [2.45, 2.75) is 64.0 Å². The van der Waals surface area contributed by atoms with Crippen LogP contribution in [0.5, 0.6) is 0 Å². The van der Waals surface area contributed by atoms with Gasteiger partial charge in [0.05, 0.1) is 0 Å². The molecule has 0 saturated carbocycles. The molecule has 110 valence electrons. The minimum Gasteiger partial charge on any atom is -0.352 e. The summed E-state index contributed by atoms with van der Waals surface area (Å²) in [6.45, 7) is 5.30. The van der Waals surface area contributed by atoms with E-state index >= 15 is 0 Å². The maximum absolute atomic E-state index is 12.0. The van der Waals surface area contributed by atoms with Crippen molar-refractivity contribution < 1.29 is 4.79 Å². The minimum absolute atomic E-state index is 0.237. The Labute approximate surface area is 117 Å². The molecule has 2 fully saturated rings. The zero-order chi connectivity index (χ0) is 13.7. The summed E-state index contributed by atoms with van der Waals surface area (Å²) in [6, 6.07) is 1.01. The van der Waals surface area contributed by atoms with Gasteiger partial charge in [0.15, 0.2) is 0 Å². The van der Waals surface area contributed by atoms with Crippen LogP contribution in [0.25, 0.3) is 0 Å². The summed E-state index contributed by atoms with van der Waals surface area (Å²) >= 11 is 0. The Balaban J connectivity index is 1.70. The van der Waals surface area contributed by atoms with E-state index < -0.39 is 0 Å². The fourth-order valence-electron chi connectivity index (χ4n) is 3.50. The zero-order valence-corrected chi connectivity index (χ0v) is 12.2. The first-order chi connectivity index (χ1) is 9.20. The van der Waals surface area contributed by atoms with Crippen LogP contribution in [0.4, 0.5) is 0 Å². The Bertz CT molecular complexity index is 295. The van der Waals surface area contributed by atoms with E-state index in [0.29, 0.717) is 24.4 Å². The quantitative estimate of drug-likeness (QED) is 0.766.